The molecule has 158 valence electrons. The summed E-state index contributed by atoms with van der Waals surface area (Å²) in [5, 5.41) is 22.7. The second-order valence-corrected chi connectivity index (χ2v) is 6.11. The number of carbonyl (C=O) groups is 4. The number of anilines is 1. The SMILES string of the molecule is Cc1cc(F)c(NN=C(C(=O)NC(=O)O)C(=O)NC(=O)O)cc1SCC(F)(F)F. The zero-order valence-corrected chi connectivity index (χ0v) is 15.1. The zero-order valence-electron chi connectivity index (χ0n) is 14.3. The summed E-state index contributed by atoms with van der Waals surface area (Å²) in [6.07, 6.45) is -8.27. The summed E-state index contributed by atoms with van der Waals surface area (Å²) in [5.41, 5.74) is 0.218. The molecule has 1 rings (SSSR count). The van der Waals surface area contributed by atoms with Gasteiger partial charge in [0, 0.05) is 4.90 Å². The fraction of sp³-hybridized carbons (Fsp3) is 0.214. The van der Waals surface area contributed by atoms with Gasteiger partial charge in [-0.15, -0.1) is 11.8 Å². The highest BCUT2D eigenvalue weighted by Gasteiger charge is 2.28. The molecule has 0 aromatic heterocycles. The van der Waals surface area contributed by atoms with E-state index in [1.165, 1.54) is 17.6 Å². The number of carbonyl (C=O) groups excluding carboxylic acids is 2. The molecule has 1 aromatic rings. The summed E-state index contributed by atoms with van der Waals surface area (Å²) in [5.74, 6) is -5.56. The molecule has 5 N–H and O–H groups in total. The number of carboxylic acid groups (broad SMARTS) is 2. The number of halogens is 4. The Morgan fingerprint density at radius 3 is 2.03 bits per heavy atom. The van der Waals surface area contributed by atoms with Gasteiger partial charge in [0.15, 0.2) is 0 Å². The molecule has 0 aliphatic carbocycles. The lowest BCUT2D eigenvalue weighted by Crippen LogP contribution is -2.45. The first-order chi connectivity index (χ1) is 13.3. The van der Waals surface area contributed by atoms with E-state index in [4.69, 9.17) is 10.2 Å². The first-order valence-electron chi connectivity index (χ1n) is 7.22. The average Bonchev–Trinajstić information content (AvgIpc) is 2.53. The molecule has 29 heavy (non-hydrogen) atoms. The molecule has 10 nitrogen and oxygen atoms in total. The van der Waals surface area contributed by atoms with E-state index in [9.17, 15) is 36.7 Å². The first-order valence-corrected chi connectivity index (χ1v) is 8.20. The molecule has 0 atom stereocenters. The van der Waals surface area contributed by atoms with Crippen LogP contribution in [0.3, 0.4) is 0 Å². The number of hydrazone groups is 1. The normalized spacial score (nSPS) is 10.7. The third kappa shape index (κ3) is 8.04. The number of hydrogen-bond donors (Lipinski definition) is 5. The lowest BCUT2D eigenvalue weighted by atomic mass is 10.2. The van der Waals surface area contributed by atoms with Crippen molar-refractivity contribution in [1.29, 1.82) is 0 Å². The van der Waals surface area contributed by atoms with E-state index in [1.807, 2.05) is 5.43 Å². The molecule has 0 saturated carbocycles. The average molecular weight is 440 g/mol. The van der Waals surface area contributed by atoms with Crippen LogP contribution in [0.25, 0.3) is 0 Å². The van der Waals surface area contributed by atoms with Crippen LogP contribution in [-0.4, -0.2) is 51.9 Å². The molecule has 0 spiro atoms. The van der Waals surface area contributed by atoms with Gasteiger partial charge in [-0.1, -0.05) is 0 Å². The first kappa shape index (κ1) is 23.7. The summed E-state index contributed by atoms with van der Waals surface area (Å²) in [4.78, 5) is 44.4. The largest absolute Gasteiger partial charge is 0.465 e. The van der Waals surface area contributed by atoms with Gasteiger partial charge in [0.25, 0.3) is 11.8 Å². The molecule has 0 aliphatic rings. The molecule has 0 fully saturated rings. The number of hydrogen-bond acceptors (Lipinski definition) is 7. The van der Waals surface area contributed by atoms with Crippen molar-refractivity contribution in [2.75, 3.05) is 11.2 Å². The summed E-state index contributed by atoms with van der Waals surface area (Å²) in [6.45, 7) is 1.35. The minimum absolute atomic E-state index is 0.00736. The van der Waals surface area contributed by atoms with Crippen LogP contribution in [0, 0.1) is 12.7 Å². The molecule has 0 aliphatic heterocycles. The quantitative estimate of drug-likeness (QED) is 0.148. The fourth-order valence-electron chi connectivity index (χ4n) is 1.69. The Labute approximate surface area is 163 Å². The topological polar surface area (TPSA) is 157 Å². The number of nitrogens with one attached hydrogen (secondary N) is 3. The van der Waals surface area contributed by atoms with E-state index in [2.05, 4.69) is 5.10 Å². The van der Waals surface area contributed by atoms with E-state index in [0.717, 1.165) is 12.1 Å². The van der Waals surface area contributed by atoms with Gasteiger partial charge in [-0.25, -0.2) is 14.0 Å². The second-order valence-electron chi connectivity index (χ2n) is 5.09. The van der Waals surface area contributed by atoms with Gasteiger partial charge in [-0.3, -0.25) is 25.6 Å². The van der Waals surface area contributed by atoms with E-state index in [1.54, 1.807) is 0 Å². The highest BCUT2D eigenvalue weighted by atomic mass is 32.2. The number of aryl methyl sites for hydroxylation is 1. The number of benzene rings is 1. The van der Waals surface area contributed by atoms with Crippen molar-refractivity contribution < 1.29 is 47.0 Å². The Balaban J connectivity index is 3.19. The van der Waals surface area contributed by atoms with Crippen LogP contribution in [0.4, 0.5) is 32.8 Å². The van der Waals surface area contributed by atoms with Crippen molar-refractivity contribution >= 4 is 47.2 Å². The van der Waals surface area contributed by atoms with Crippen molar-refractivity contribution in [3.05, 3.63) is 23.5 Å². The van der Waals surface area contributed by atoms with Crippen LogP contribution < -0.4 is 16.1 Å². The lowest BCUT2D eigenvalue weighted by Gasteiger charge is -2.12. The van der Waals surface area contributed by atoms with Gasteiger partial charge in [0.2, 0.25) is 5.71 Å². The maximum Gasteiger partial charge on any atom is 0.411 e. The maximum absolute atomic E-state index is 14.0. The Morgan fingerprint density at radius 1 is 1.07 bits per heavy atom. The fourth-order valence-corrected chi connectivity index (χ4v) is 2.49. The van der Waals surface area contributed by atoms with E-state index in [0.29, 0.717) is 11.8 Å². The van der Waals surface area contributed by atoms with Crippen molar-refractivity contribution in [3.63, 3.8) is 0 Å². The third-order valence-corrected chi connectivity index (χ3v) is 4.04. The highest BCUT2D eigenvalue weighted by molar-refractivity contribution is 7.99. The van der Waals surface area contributed by atoms with Gasteiger partial charge in [-0.05, 0) is 24.6 Å². The molecule has 4 amide bonds. The number of alkyl halides is 3. The van der Waals surface area contributed by atoms with Crippen LogP contribution in [0.2, 0.25) is 0 Å². The molecule has 0 radical (unpaired) electrons. The maximum atomic E-state index is 14.0. The van der Waals surface area contributed by atoms with Gasteiger partial charge < -0.3 is 10.2 Å². The van der Waals surface area contributed by atoms with Crippen molar-refractivity contribution in [2.24, 2.45) is 5.10 Å². The summed E-state index contributed by atoms with van der Waals surface area (Å²) < 4.78 is 51.2. The third-order valence-electron chi connectivity index (χ3n) is 2.82. The second kappa shape index (κ2) is 9.72. The number of nitrogens with zero attached hydrogens (tertiary/aromatic N) is 1. The van der Waals surface area contributed by atoms with Crippen molar-refractivity contribution in [3.8, 4) is 0 Å². The summed E-state index contributed by atoms with van der Waals surface area (Å²) >= 11 is 0.346. The Morgan fingerprint density at radius 2 is 1.59 bits per heavy atom. The highest BCUT2D eigenvalue weighted by Crippen LogP contribution is 2.32. The summed E-state index contributed by atoms with van der Waals surface area (Å²) in [7, 11) is 0. The molecular formula is C14H12F4N4O6S. The molecule has 0 bridgehead atoms. The molecule has 15 heteroatoms. The molecule has 0 heterocycles. The lowest BCUT2D eigenvalue weighted by molar-refractivity contribution is -0.118. The Bertz CT molecular complexity index is 844. The monoisotopic (exact) mass is 440 g/mol. The zero-order chi connectivity index (χ0) is 22.4. The van der Waals surface area contributed by atoms with E-state index in [-0.39, 0.29) is 10.5 Å². The Kier molecular flexibility index (Phi) is 7.94. The van der Waals surface area contributed by atoms with E-state index >= 15 is 0 Å². The van der Waals surface area contributed by atoms with Gasteiger partial charge >= 0.3 is 18.4 Å². The van der Waals surface area contributed by atoms with Crippen LogP contribution in [0.1, 0.15) is 5.56 Å². The van der Waals surface area contributed by atoms with Gasteiger partial charge in [0.05, 0.1) is 11.4 Å². The number of amides is 4. The number of imide groups is 2. The molecule has 1 aromatic carbocycles. The molecule has 0 unspecified atom stereocenters. The standard InChI is InChI=1S/C14H12F4N4O6S/c1-5-2-6(15)7(3-8(5)29-4-14(16,17)18)21-22-9(10(23)19-12(25)26)11(24)20-13(27)28/h2-3,21H,4H2,1H3,(H,19,23)(H,20,24)(H,25,26)(H,27,28). The van der Waals surface area contributed by atoms with Crippen molar-refractivity contribution in [1.82, 2.24) is 10.6 Å². The summed E-state index contributed by atoms with van der Waals surface area (Å²) in [6, 6.07) is 1.79. The Hall–Kier alpha value is -3.36. The van der Waals surface area contributed by atoms with Crippen LogP contribution in [0.5, 0.6) is 0 Å². The predicted octanol–water partition coefficient (Wildman–Crippen LogP) is 2.14. The van der Waals surface area contributed by atoms with Crippen molar-refractivity contribution in [2.45, 2.75) is 18.0 Å². The minimum atomic E-state index is -4.49. The molecular weight excluding hydrogens is 428 g/mol. The predicted molar refractivity (Wildman–Crippen MR) is 91.3 cm³/mol. The molecule has 0 saturated heterocycles. The van der Waals surface area contributed by atoms with Crippen LogP contribution >= 0.6 is 11.8 Å². The van der Waals surface area contributed by atoms with Gasteiger partial charge in [-0.2, -0.15) is 18.3 Å². The number of thioether (sulfide) groups is 1. The minimum Gasteiger partial charge on any atom is -0.465 e. The smallest absolute Gasteiger partial charge is 0.411 e. The van der Waals surface area contributed by atoms with Crippen LogP contribution in [0.15, 0.2) is 22.1 Å². The number of rotatable bonds is 6. The van der Waals surface area contributed by atoms with E-state index < -0.39 is 53.1 Å². The van der Waals surface area contributed by atoms with Crippen LogP contribution in [-0.2, 0) is 9.59 Å². The van der Waals surface area contributed by atoms with Gasteiger partial charge in [0.1, 0.15) is 5.82 Å².